The first-order chi connectivity index (χ1) is 16.4. The first-order valence-electron chi connectivity index (χ1n) is 11.7. The van der Waals surface area contributed by atoms with Crippen LogP contribution in [-0.4, -0.2) is 44.5 Å². The van der Waals surface area contributed by atoms with Crippen molar-refractivity contribution < 1.29 is 9.90 Å². The van der Waals surface area contributed by atoms with E-state index in [0.717, 1.165) is 52.4 Å². The molecule has 2 aliphatic rings. The molecule has 0 radical (unpaired) electrons. The molecule has 0 amide bonds. The molecule has 34 heavy (non-hydrogen) atoms. The Bertz CT molecular complexity index is 1410. The average molecular weight is 454 g/mol. The summed E-state index contributed by atoms with van der Waals surface area (Å²) >= 11 is 0. The number of aliphatic hydroxyl groups is 1. The van der Waals surface area contributed by atoms with Gasteiger partial charge in [0, 0.05) is 60.5 Å². The summed E-state index contributed by atoms with van der Waals surface area (Å²) in [6.45, 7) is 5.54. The third-order valence-electron chi connectivity index (χ3n) is 7.16. The maximum Gasteiger partial charge on any atom is 0.180 e. The standard InChI is InChI=1S/C27H27N5O2/c1-27(2)22-8-3-17(13-18(22)14-24(27)34)23-16-32-12-10-28-26(32)25(30-23)29-19-4-6-20(7-5-19)31-11-9-21(33)15-31/h3-8,10,12-13,16,21,33H,9,11,14-15H2,1-2H3,(H,29,30)/t21-/m0/s1. The number of carbonyl (C=O) groups excluding carboxylic acids is 1. The van der Waals surface area contributed by atoms with Gasteiger partial charge in [-0.2, -0.15) is 0 Å². The van der Waals surface area contributed by atoms with E-state index in [-0.39, 0.29) is 11.9 Å². The second-order valence-electron chi connectivity index (χ2n) is 9.79. The van der Waals surface area contributed by atoms with Crippen LogP contribution in [0.25, 0.3) is 16.9 Å². The van der Waals surface area contributed by atoms with Gasteiger partial charge in [-0.3, -0.25) is 4.79 Å². The minimum Gasteiger partial charge on any atom is -0.391 e. The lowest BCUT2D eigenvalue weighted by Crippen LogP contribution is -2.23. The second-order valence-corrected chi connectivity index (χ2v) is 9.79. The number of aliphatic hydroxyl groups excluding tert-OH is 1. The molecule has 1 fully saturated rings. The number of rotatable bonds is 4. The highest BCUT2D eigenvalue weighted by Crippen LogP contribution is 2.38. The molecule has 1 saturated heterocycles. The van der Waals surface area contributed by atoms with Crippen molar-refractivity contribution in [2.24, 2.45) is 0 Å². The van der Waals surface area contributed by atoms with Crippen LogP contribution < -0.4 is 10.2 Å². The fourth-order valence-corrected chi connectivity index (χ4v) is 5.08. The quantitative estimate of drug-likeness (QED) is 0.484. The highest BCUT2D eigenvalue weighted by molar-refractivity contribution is 5.96. The number of ketones is 1. The first kappa shape index (κ1) is 20.9. The third kappa shape index (κ3) is 3.44. The lowest BCUT2D eigenvalue weighted by atomic mass is 9.85. The predicted molar refractivity (Wildman–Crippen MR) is 133 cm³/mol. The Morgan fingerprint density at radius 3 is 2.74 bits per heavy atom. The molecule has 1 aliphatic heterocycles. The van der Waals surface area contributed by atoms with E-state index >= 15 is 0 Å². The van der Waals surface area contributed by atoms with Crippen molar-refractivity contribution >= 4 is 28.6 Å². The van der Waals surface area contributed by atoms with Crippen LogP contribution in [0.3, 0.4) is 0 Å². The maximum atomic E-state index is 12.5. The van der Waals surface area contributed by atoms with Gasteiger partial charge < -0.3 is 19.7 Å². The Morgan fingerprint density at radius 2 is 1.97 bits per heavy atom. The van der Waals surface area contributed by atoms with Crippen LogP contribution in [0, 0.1) is 0 Å². The Kier molecular flexibility index (Phi) is 4.71. The number of carbonyl (C=O) groups is 1. The van der Waals surface area contributed by atoms with Gasteiger partial charge in [-0.05, 0) is 61.7 Å². The van der Waals surface area contributed by atoms with E-state index in [2.05, 4.69) is 39.5 Å². The molecule has 0 unspecified atom stereocenters. The molecule has 7 nitrogen and oxygen atoms in total. The molecule has 2 aromatic carbocycles. The van der Waals surface area contributed by atoms with Crippen LogP contribution in [0.15, 0.2) is 61.1 Å². The van der Waals surface area contributed by atoms with Gasteiger partial charge in [0.25, 0.3) is 0 Å². The van der Waals surface area contributed by atoms with E-state index in [1.54, 1.807) is 6.20 Å². The van der Waals surface area contributed by atoms with Gasteiger partial charge in [-0.15, -0.1) is 0 Å². The van der Waals surface area contributed by atoms with Gasteiger partial charge in [0.1, 0.15) is 5.78 Å². The first-order valence-corrected chi connectivity index (χ1v) is 11.7. The van der Waals surface area contributed by atoms with Gasteiger partial charge in [-0.1, -0.05) is 12.1 Å². The summed E-state index contributed by atoms with van der Waals surface area (Å²) < 4.78 is 1.97. The lowest BCUT2D eigenvalue weighted by Gasteiger charge is -2.18. The number of benzene rings is 2. The van der Waals surface area contributed by atoms with Gasteiger partial charge in [0.15, 0.2) is 11.5 Å². The van der Waals surface area contributed by atoms with Gasteiger partial charge in [0.2, 0.25) is 0 Å². The number of hydrogen-bond acceptors (Lipinski definition) is 6. The summed E-state index contributed by atoms with van der Waals surface area (Å²) in [4.78, 5) is 24.1. The zero-order valence-corrected chi connectivity index (χ0v) is 19.3. The van der Waals surface area contributed by atoms with Crippen molar-refractivity contribution in [2.45, 2.75) is 38.2 Å². The number of fused-ring (bicyclic) bond motifs is 2. The predicted octanol–water partition coefficient (Wildman–Crippen LogP) is 4.11. The molecule has 3 heterocycles. The molecule has 0 bridgehead atoms. The largest absolute Gasteiger partial charge is 0.391 e. The summed E-state index contributed by atoms with van der Waals surface area (Å²) in [5, 5.41) is 13.2. The summed E-state index contributed by atoms with van der Waals surface area (Å²) in [5.74, 6) is 0.927. The Labute approximate surface area is 198 Å². The van der Waals surface area contributed by atoms with Crippen LogP contribution in [0.2, 0.25) is 0 Å². The Balaban J connectivity index is 1.32. The molecule has 6 rings (SSSR count). The van der Waals surface area contributed by atoms with Crippen LogP contribution in [0.5, 0.6) is 0 Å². The molecule has 1 aliphatic carbocycles. The fraction of sp³-hybridized carbons (Fsp3) is 0.296. The summed E-state index contributed by atoms with van der Waals surface area (Å²) in [6, 6.07) is 14.4. The number of nitrogens with one attached hydrogen (secondary N) is 1. The summed E-state index contributed by atoms with van der Waals surface area (Å²) in [7, 11) is 0. The molecule has 2 N–H and O–H groups in total. The van der Waals surface area contributed by atoms with E-state index in [1.807, 2.05) is 48.8 Å². The topological polar surface area (TPSA) is 82.8 Å². The van der Waals surface area contributed by atoms with E-state index in [1.165, 1.54) is 0 Å². The number of anilines is 3. The van der Waals surface area contributed by atoms with Crippen LogP contribution in [-0.2, 0) is 16.6 Å². The highest BCUT2D eigenvalue weighted by atomic mass is 16.3. The molecule has 0 saturated carbocycles. The molecule has 0 spiro atoms. The number of nitrogens with zero attached hydrogens (tertiary/aromatic N) is 4. The zero-order valence-electron chi connectivity index (χ0n) is 19.3. The lowest BCUT2D eigenvalue weighted by molar-refractivity contribution is -0.121. The Morgan fingerprint density at radius 1 is 1.15 bits per heavy atom. The summed E-state index contributed by atoms with van der Waals surface area (Å²) in [6.07, 6.45) is 6.67. The SMILES string of the molecule is CC1(C)C(=O)Cc2cc(-c3cn4ccnc4c(Nc4ccc(N5CC[C@H](O)C5)cc4)n3)ccc21. The van der Waals surface area contributed by atoms with Gasteiger partial charge in [0.05, 0.1) is 11.8 Å². The molecular weight excluding hydrogens is 426 g/mol. The van der Waals surface area contributed by atoms with Crippen molar-refractivity contribution in [3.8, 4) is 11.3 Å². The highest BCUT2D eigenvalue weighted by Gasteiger charge is 2.37. The van der Waals surface area contributed by atoms with Crippen molar-refractivity contribution in [3.63, 3.8) is 0 Å². The van der Waals surface area contributed by atoms with E-state index < -0.39 is 5.41 Å². The van der Waals surface area contributed by atoms with Crippen molar-refractivity contribution in [3.05, 3.63) is 72.2 Å². The number of β-amino-alcohol motifs (C(OH)–C–C–N with tert-alkyl or cyclic N) is 1. The Hall–Kier alpha value is -3.71. The van der Waals surface area contributed by atoms with Crippen LogP contribution in [0.1, 0.15) is 31.4 Å². The monoisotopic (exact) mass is 453 g/mol. The van der Waals surface area contributed by atoms with E-state index in [4.69, 9.17) is 4.98 Å². The normalized spacial score (nSPS) is 19.1. The van der Waals surface area contributed by atoms with Crippen LogP contribution >= 0.6 is 0 Å². The van der Waals surface area contributed by atoms with Crippen molar-refractivity contribution in [2.75, 3.05) is 23.3 Å². The van der Waals surface area contributed by atoms with Gasteiger partial charge >= 0.3 is 0 Å². The minimum atomic E-state index is -0.429. The average Bonchev–Trinajstić information content (AvgIpc) is 3.53. The molecule has 2 aromatic heterocycles. The zero-order chi connectivity index (χ0) is 23.4. The smallest absolute Gasteiger partial charge is 0.180 e. The number of imidazole rings is 1. The number of Topliss-reactive ketones (excluding diaryl/α,β-unsaturated/α-hetero) is 1. The van der Waals surface area contributed by atoms with E-state index in [0.29, 0.717) is 18.8 Å². The number of aromatic nitrogens is 3. The molecule has 1 atom stereocenters. The second kappa shape index (κ2) is 7.67. The van der Waals surface area contributed by atoms with Crippen molar-refractivity contribution in [1.82, 2.24) is 14.4 Å². The minimum absolute atomic E-state index is 0.248. The molecule has 172 valence electrons. The fourth-order valence-electron chi connectivity index (χ4n) is 5.08. The molecular formula is C27H27N5O2. The van der Waals surface area contributed by atoms with Gasteiger partial charge in [-0.25, -0.2) is 9.97 Å². The maximum absolute atomic E-state index is 12.5. The number of hydrogen-bond donors (Lipinski definition) is 2. The third-order valence-corrected chi connectivity index (χ3v) is 7.16. The van der Waals surface area contributed by atoms with E-state index in [9.17, 15) is 9.90 Å². The molecule has 4 aromatic rings. The van der Waals surface area contributed by atoms with Crippen molar-refractivity contribution in [1.29, 1.82) is 0 Å². The van der Waals surface area contributed by atoms with Crippen LogP contribution in [0.4, 0.5) is 17.2 Å². The summed E-state index contributed by atoms with van der Waals surface area (Å²) in [5.41, 5.74) is 6.31. The molecule has 7 heteroatoms.